The SMILES string of the molecule is CC(C)(C#N)CCCn1cnc(C#N)n1. The fourth-order valence-corrected chi connectivity index (χ4v) is 1.19. The molecule has 0 saturated heterocycles. The van der Waals surface area contributed by atoms with Crippen molar-refractivity contribution in [3.8, 4) is 12.1 Å². The van der Waals surface area contributed by atoms with Gasteiger partial charge in [0.25, 0.3) is 5.82 Å². The molecule has 1 rings (SSSR count). The Hall–Kier alpha value is -1.88. The zero-order valence-corrected chi connectivity index (χ0v) is 8.93. The minimum absolute atomic E-state index is 0.189. The molecule has 1 aromatic heterocycles. The van der Waals surface area contributed by atoms with Gasteiger partial charge >= 0.3 is 0 Å². The second kappa shape index (κ2) is 4.56. The molecule has 0 amide bonds. The maximum Gasteiger partial charge on any atom is 0.252 e. The summed E-state index contributed by atoms with van der Waals surface area (Å²) in [5.41, 5.74) is -0.293. The summed E-state index contributed by atoms with van der Waals surface area (Å²) in [6.07, 6.45) is 3.21. The van der Waals surface area contributed by atoms with Crippen LogP contribution in [-0.2, 0) is 6.54 Å². The van der Waals surface area contributed by atoms with E-state index in [9.17, 15) is 0 Å². The molecule has 0 fully saturated rings. The molecule has 0 aliphatic carbocycles. The van der Waals surface area contributed by atoms with E-state index in [4.69, 9.17) is 10.5 Å². The van der Waals surface area contributed by atoms with E-state index in [1.807, 2.05) is 19.9 Å². The molecular weight excluding hydrogens is 190 g/mol. The first-order chi connectivity index (χ1) is 7.07. The highest BCUT2D eigenvalue weighted by Gasteiger charge is 2.15. The van der Waals surface area contributed by atoms with Crippen molar-refractivity contribution in [1.82, 2.24) is 14.8 Å². The Labute approximate surface area is 89.0 Å². The van der Waals surface area contributed by atoms with Crippen LogP contribution >= 0.6 is 0 Å². The highest BCUT2D eigenvalue weighted by atomic mass is 15.3. The summed E-state index contributed by atoms with van der Waals surface area (Å²) in [7, 11) is 0. The molecular formula is C10H13N5. The van der Waals surface area contributed by atoms with Crippen molar-refractivity contribution in [2.75, 3.05) is 0 Å². The Morgan fingerprint density at radius 3 is 2.73 bits per heavy atom. The van der Waals surface area contributed by atoms with Crippen molar-refractivity contribution in [2.24, 2.45) is 5.41 Å². The Bertz CT molecular complexity index is 404. The van der Waals surface area contributed by atoms with Gasteiger partial charge in [-0.25, -0.2) is 4.98 Å². The lowest BCUT2D eigenvalue weighted by molar-refractivity contribution is 0.406. The topological polar surface area (TPSA) is 78.3 Å². The molecule has 15 heavy (non-hydrogen) atoms. The zero-order valence-electron chi connectivity index (χ0n) is 8.93. The molecule has 0 spiro atoms. The lowest BCUT2D eigenvalue weighted by atomic mass is 9.90. The molecule has 0 bridgehead atoms. The van der Waals surface area contributed by atoms with Crippen molar-refractivity contribution in [1.29, 1.82) is 10.5 Å². The predicted octanol–water partition coefficient (Wildman–Crippen LogP) is 1.48. The standard InChI is InChI=1S/C10H13N5/c1-10(2,7-12)4-3-5-15-8-13-9(6-11)14-15/h8H,3-5H2,1-2H3. The van der Waals surface area contributed by atoms with E-state index >= 15 is 0 Å². The lowest BCUT2D eigenvalue weighted by Crippen LogP contribution is -2.09. The van der Waals surface area contributed by atoms with Gasteiger partial charge in [0.1, 0.15) is 12.4 Å². The maximum absolute atomic E-state index is 8.81. The third-order valence-electron chi connectivity index (χ3n) is 2.13. The Morgan fingerprint density at radius 1 is 1.47 bits per heavy atom. The fraction of sp³-hybridized carbons (Fsp3) is 0.600. The Kier molecular flexibility index (Phi) is 3.41. The van der Waals surface area contributed by atoms with Crippen LogP contribution in [0.3, 0.4) is 0 Å². The molecule has 0 atom stereocenters. The van der Waals surface area contributed by atoms with Gasteiger partial charge in [0, 0.05) is 6.54 Å². The average molecular weight is 203 g/mol. The molecule has 0 aliphatic rings. The van der Waals surface area contributed by atoms with Crippen LogP contribution in [0, 0.1) is 28.1 Å². The maximum atomic E-state index is 8.81. The highest BCUT2D eigenvalue weighted by Crippen LogP contribution is 2.20. The van der Waals surface area contributed by atoms with Gasteiger partial charge in [-0.15, -0.1) is 5.10 Å². The summed E-state index contributed by atoms with van der Waals surface area (Å²) >= 11 is 0. The van der Waals surface area contributed by atoms with Gasteiger partial charge in [0.2, 0.25) is 0 Å². The normalized spacial score (nSPS) is 10.7. The third kappa shape index (κ3) is 3.40. The summed E-state index contributed by atoms with van der Waals surface area (Å²) in [5, 5.41) is 21.3. The summed E-state index contributed by atoms with van der Waals surface area (Å²) in [6, 6.07) is 4.12. The molecule has 5 nitrogen and oxygen atoms in total. The van der Waals surface area contributed by atoms with Crippen molar-refractivity contribution in [3.05, 3.63) is 12.2 Å². The molecule has 1 aromatic rings. The summed E-state index contributed by atoms with van der Waals surface area (Å²) in [6.45, 7) is 4.52. The largest absolute Gasteiger partial charge is 0.252 e. The first-order valence-electron chi connectivity index (χ1n) is 4.78. The molecule has 0 saturated carbocycles. The fourth-order valence-electron chi connectivity index (χ4n) is 1.19. The first kappa shape index (κ1) is 11.2. The van der Waals surface area contributed by atoms with E-state index in [1.165, 1.54) is 6.33 Å². The number of aromatic nitrogens is 3. The van der Waals surface area contributed by atoms with Crippen molar-refractivity contribution in [2.45, 2.75) is 33.2 Å². The molecule has 78 valence electrons. The quantitative estimate of drug-likeness (QED) is 0.742. The third-order valence-corrected chi connectivity index (χ3v) is 2.13. The number of hydrogen-bond donors (Lipinski definition) is 0. The van der Waals surface area contributed by atoms with Crippen LogP contribution in [0.1, 0.15) is 32.5 Å². The molecule has 0 aliphatic heterocycles. The van der Waals surface area contributed by atoms with E-state index in [0.29, 0.717) is 6.54 Å². The lowest BCUT2D eigenvalue weighted by Gasteiger charge is -2.13. The monoisotopic (exact) mass is 203 g/mol. The van der Waals surface area contributed by atoms with Gasteiger partial charge in [0.15, 0.2) is 0 Å². The molecule has 0 unspecified atom stereocenters. The second-order valence-electron chi connectivity index (χ2n) is 4.04. The highest BCUT2D eigenvalue weighted by molar-refractivity contribution is 5.05. The van der Waals surface area contributed by atoms with Crippen LogP contribution in [0.2, 0.25) is 0 Å². The molecule has 5 heteroatoms. The van der Waals surface area contributed by atoms with Crippen LogP contribution in [0.4, 0.5) is 0 Å². The smallest absolute Gasteiger partial charge is 0.252 e. The van der Waals surface area contributed by atoms with E-state index < -0.39 is 0 Å². The second-order valence-corrected chi connectivity index (χ2v) is 4.04. The summed E-state index contributed by atoms with van der Waals surface area (Å²) in [5.74, 6) is 0.189. The van der Waals surface area contributed by atoms with Crippen molar-refractivity contribution >= 4 is 0 Å². The minimum atomic E-state index is -0.293. The van der Waals surface area contributed by atoms with Gasteiger partial charge in [0.05, 0.1) is 11.5 Å². The molecule has 0 N–H and O–H groups in total. The van der Waals surface area contributed by atoms with Crippen molar-refractivity contribution < 1.29 is 0 Å². The summed E-state index contributed by atoms with van der Waals surface area (Å²) in [4.78, 5) is 3.80. The molecule has 0 radical (unpaired) electrons. The van der Waals surface area contributed by atoms with Crippen LogP contribution in [0.5, 0.6) is 0 Å². The number of nitriles is 2. The van der Waals surface area contributed by atoms with Crippen LogP contribution in [0.25, 0.3) is 0 Å². The van der Waals surface area contributed by atoms with E-state index in [2.05, 4.69) is 16.2 Å². The van der Waals surface area contributed by atoms with E-state index in [-0.39, 0.29) is 11.2 Å². The number of nitrogens with zero attached hydrogens (tertiary/aromatic N) is 5. The predicted molar refractivity (Wildman–Crippen MR) is 53.4 cm³/mol. The molecule has 1 heterocycles. The number of rotatable bonds is 4. The van der Waals surface area contributed by atoms with E-state index in [1.54, 1.807) is 4.68 Å². The van der Waals surface area contributed by atoms with Crippen LogP contribution in [0.15, 0.2) is 6.33 Å². The first-order valence-corrected chi connectivity index (χ1v) is 4.78. The van der Waals surface area contributed by atoms with Gasteiger partial charge < -0.3 is 0 Å². The summed E-state index contributed by atoms with van der Waals surface area (Å²) < 4.78 is 1.63. The van der Waals surface area contributed by atoms with E-state index in [0.717, 1.165) is 12.8 Å². The number of hydrogen-bond acceptors (Lipinski definition) is 4. The van der Waals surface area contributed by atoms with Crippen molar-refractivity contribution in [3.63, 3.8) is 0 Å². The average Bonchev–Trinajstić information content (AvgIpc) is 2.66. The molecule has 0 aromatic carbocycles. The Balaban J connectivity index is 2.40. The zero-order chi connectivity index (χ0) is 11.3. The van der Waals surface area contributed by atoms with Crippen LogP contribution in [-0.4, -0.2) is 14.8 Å². The Morgan fingerprint density at radius 2 is 2.20 bits per heavy atom. The van der Waals surface area contributed by atoms with Gasteiger partial charge in [-0.1, -0.05) is 0 Å². The van der Waals surface area contributed by atoms with Gasteiger partial charge in [-0.05, 0) is 26.7 Å². The minimum Gasteiger partial charge on any atom is -0.252 e. The van der Waals surface area contributed by atoms with Gasteiger partial charge in [-0.3, -0.25) is 4.68 Å². The van der Waals surface area contributed by atoms with Gasteiger partial charge in [-0.2, -0.15) is 10.5 Å². The van der Waals surface area contributed by atoms with Crippen LogP contribution < -0.4 is 0 Å². The number of aryl methyl sites for hydroxylation is 1.